The summed E-state index contributed by atoms with van der Waals surface area (Å²) in [5.74, 6) is -7.58. The molecule has 15 heteroatoms. The zero-order valence-corrected chi connectivity index (χ0v) is 20.3. The average molecular weight is 573 g/mol. The molecule has 2 N–H and O–H groups in total. The molecule has 0 saturated carbocycles. The minimum absolute atomic E-state index is 0.114. The van der Waals surface area contributed by atoms with Crippen molar-refractivity contribution in [2.45, 2.75) is 49.2 Å². The van der Waals surface area contributed by atoms with Crippen molar-refractivity contribution in [3.63, 3.8) is 0 Å². The first-order valence-corrected chi connectivity index (χ1v) is 12.0. The summed E-state index contributed by atoms with van der Waals surface area (Å²) in [6, 6.07) is 3.47. The normalized spacial score (nSPS) is 26.8. The standard InChI is InChI=1S/C25H21F6N3O6/c26-15-8-13(9-16(27)19(15)28)17-10-34(33-32-17)20-21(36)18(11-35)40-24(5-2-6-38-24)22(20)39-23(37)12-3-1-4-14(7-12)25(29,30)31/h1,3-4,7-10,18,20-22,35-36H,2,5-6,11H2. The van der Waals surface area contributed by atoms with Crippen LogP contribution in [0.5, 0.6) is 0 Å². The summed E-state index contributed by atoms with van der Waals surface area (Å²) in [5.41, 5.74) is -1.89. The summed E-state index contributed by atoms with van der Waals surface area (Å²) < 4.78 is 99.0. The molecule has 40 heavy (non-hydrogen) atoms. The number of aliphatic hydroxyl groups excluding tert-OH is 2. The van der Waals surface area contributed by atoms with Crippen LogP contribution < -0.4 is 0 Å². The van der Waals surface area contributed by atoms with Gasteiger partial charge in [-0.15, -0.1) is 5.10 Å². The van der Waals surface area contributed by atoms with E-state index in [1.807, 2.05) is 0 Å². The van der Waals surface area contributed by atoms with Gasteiger partial charge in [0, 0.05) is 12.0 Å². The van der Waals surface area contributed by atoms with Crippen LogP contribution in [0.25, 0.3) is 11.3 Å². The number of nitrogens with zero attached hydrogens (tertiary/aromatic N) is 3. The third-order valence-electron chi connectivity index (χ3n) is 6.78. The van der Waals surface area contributed by atoms with E-state index in [4.69, 9.17) is 14.2 Å². The number of benzene rings is 2. The maximum Gasteiger partial charge on any atom is 0.416 e. The Balaban J connectivity index is 1.54. The van der Waals surface area contributed by atoms with Crippen molar-refractivity contribution in [3.8, 4) is 11.3 Å². The molecule has 1 aromatic heterocycles. The van der Waals surface area contributed by atoms with Gasteiger partial charge in [0.2, 0.25) is 5.79 Å². The SMILES string of the molecule is O=C(OC1C(n2cc(-c3cc(F)c(F)c(F)c3)nn2)C(O)C(CO)OC12CCCO2)c1cccc(C(F)(F)F)c1. The van der Waals surface area contributed by atoms with E-state index in [-0.39, 0.29) is 24.3 Å². The molecule has 0 radical (unpaired) electrons. The van der Waals surface area contributed by atoms with Crippen molar-refractivity contribution in [2.24, 2.45) is 0 Å². The van der Waals surface area contributed by atoms with Crippen LogP contribution in [-0.4, -0.2) is 68.5 Å². The zero-order chi connectivity index (χ0) is 28.8. The molecule has 5 rings (SSSR count). The van der Waals surface area contributed by atoms with Gasteiger partial charge in [0.15, 0.2) is 23.6 Å². The summed E-state index contributed by atoms with van der Waals surface area (Å²) in [6.45, 7) is -0.567. The van der Waals surface area contributed by atoms with Gasteiger partial charge in [-0.25, -0.2) is 22.6 Å². The van der Waals surface area contributed by atoms with Crippen molar-refractivity contribution < 1.29 is 55.6 Å². The number of hydrogen-bond acceptors (Lipinski definition) is 8. The molecule has 214 valence electrons. The molecule has 3 aromatic rings. The fourth-order valence-corrected chi connectivity index (χ4v) is 4.87. The first-order valence-electron chi connectivity index (χ1n) is 12.0. The second-order valence-electron chi connectivity index (χ2n) is 9.33. The molecular formula is C25H21F6N3O6. The Kier molecular flexibility index (Phi) is 7.33. The van der Waals surface area contributed by atoms with Crippen LogP contribution in [0, 0.1) is 17.5 Å². The predicted molar refractivity (Wildman–Crippen MR) is 121 cm³/mol. The Labute approximate surface area is 221 Å². The van der Waals surface area contributed by atoms with Gasteiger partial charge in [0.1, 0.15) is 23.9 Å². The molecule has 2 aliphatic rings. The summed E-state index contributed by atoms with van der Waals surface area (Å²) in [7, 11) is 0. The zero-order valence-electron chi connectivity index (χ0n) is 20.3. The average Bonchev–Trinajstić information content (AvgIpc) is 3.59. The largest absolute Gasteiger partial charge is 0.451 e. The molecule has 5 atom stereocenters. The van der Waals surface area contributed by atoms with Crippen molar-refractivity contribution in [3.05, 3.63) is 71.2 Å². The highest BCUT2D eigenvalue weighted by molar-refractivity contribution is 5.89. The van der Waals surface area contributed by atoms with E-state index in [0.29, 0.717) is 24.6 Å². The maximum absolute atomic E-state index is 13.8. The van der Waals surface area contributed by atoms with Gasteiger partial charge < -0.3 is 24.4 Å². The lowest BCUT2D eigenvalue weighted by Crippen LogP contribution is -2.63. The Morgan fingerprint density at radius 1 is 1.18 bits per heavy atom. The third kappa shape index (κ3) is 5.05. The van der Waals surface area contributed by atoms with Crippen LogP contribution in [0.15, 0.2) is 42.6 Å². The Morgan fingerprint density at radius 3 is 2.52 bits per heavy atom. The van der Waals surface area contributed by atoms with Crippen LogP contribution in [0.4, 0.5) is 26.3 Å². The van der Waals surface area contributed by atoms with Crippen LogP contribution in [0.2, 0.25) is 0 Å². The monoisotopic (exact) mass is 573 g/mol. The highest BCUT2D eigenvalue weighted by Gasteiger charge is 2.60. The van der Waals surface area contributed by atoms with Crippen molar-refractivity contribution in [1.29, 1.82) is 0 Å². The van der Waals surface area contributed by atoms with Crippen molar-refractivity contribution in [1.82, 2.24) is 15.0 Å². The molecule has 2 saturated heterocycles. The van der Waals surface area contributed by atoms with E-state index in [2.05, 4.69) is 10.3 Å². The lowest BCUT2D eigenvalue weighted by molar-refractivity contribution is -0.337. The number of hydrogen-bond donors (Lipinski definition) is 2. The molecule has 0 bridgehead atoms. The first-order chi connectivity index (χ1) is 18.9. The van der Waals surface area contributed by atoms with E-state index >= 15 is 0 Å². The Bertz CT molecular complexity index is 1390. The molecule has 2 aromatic carbocycles. The molecule has 1 spiro atoms. The fraction of sp³-hybridized carbons (Fsp3) is 0.400. The highest BCUT2D eigenvalue weighted by Crippen LogP contribution is 2.45. The number of ether oxygens (including phenoxy) is 3. The fourth-order valence-electron chi connectivity index (χ4n) is 4.87. The number of esters is 1. The third-order valence-corrected chi connectivity index (χ3v) is 6.78. The van der Waals surface area contributed by atoms with Crippen LogP contribution in [0.1, 0.15) is 34.8 Å². The van der Waals surface area contributed by atoms with Gasteiger partial charge in [-0.05, 0) is 36.8 Å². The van der Waals surface area contributed by atoms with Gasteiger partial charge in [-0.1, -0.05) is 11.3 Å². The van der Waals surface area contributed by atoms with Crippen LogP contribution in [0.3, 0.4) is 0 Å². The molecule has 5 unspecified atom stereocenters. The van der Waals surface area contributed by atoms with E-state index in [1.165, 1.54) is 0 Å². The van der Waals surface area contributed by atoms with Gasteiger partial charge in [-0.2, -0.15) is 13.2 Å². The van der Waals surface area contributed by atoms with Gasteiger partial charge in [0.25, 0.3) is 0 Å². The maximum atomic E-state index is 13.8. The number of carbonyl (C=O) groups is 1. The highest BCUT2D eigenvalue weighted by atomic mass is 19.4. The molecule has 2 aliphatic heterocycles. The summed E-state index contributed by atoms with van der Waals surface area (Å²) in [4.78, 5) is 13.1. The summed E-state index contributed by atoms with van der Waals surface area (Å²) in [6.07, 6.45) is -7.52. The number of aliphatic hydroxyl groups is 2. The van der Waals surface area contributed by atoms with E-state index in [0.717, 1.165) is 29.1 Å². The van der Waals surface area contributed by atoms with Crippen molar-refractivity contribution in [2.75, 3.05) is 13.2 Å². The number of carbonyl (C=O) groups excluding carboxylic acids is 1. The number of rotatable bonds is 5. The van der Waals surface area contributed by atoms with Crippen LogP contribution in [-0.2, 0) is 20.4 Å². The number of aromatic nitrogens is 3. The van der Waals surface area contributed by atoms with Crippen molar-refractivity contribution >= 4 is 5.97 Å². The molecule has 9 nitrogen and oxygen atoms in total. The smallest absolute Gasteiger partial charge is 0.416 e. The van der Waals surface area contributed by atoms with E-state index in [1.54, 1.807) is 0 Å². The molecule has 3 heterocycles. The number of halogens is 6. The second kappa shape index (κ2) is 10.5. The van der Waals surface area contributed by atoms with Gasteiger partial charge >= 0.3 is 12.1 Å². The van der Waals surface area contributed by atoms with E-state index < -0.39 is 77.5 Å². The van der Waals surface area contributed by atoms with Crippen LogP contribution >= 0.6 is 0 Å². The lowest BCUT2D eigenvalue weighted by atomic mass is 9.88. The predicted octanol–water partition coefficient (Wildman–Crippen LogP) is 3.41. The van der Waals surface area contributed by atoms with E-state index in [9.17, 15) is 41.4 Å². The Morgan fingerprint density at radius 2 is 1.90 bits per heavy atom. The van der Waals surface area contributed by atoms with Gasteiger partial charge in [0.05, 0.1) is 30.5 Å². The molecule has 0 aliphatic carbocycles. The Hall–Kier alpha value is -3.53. The minimum atomic E-state index is -4.73. The molecule has 2 fully saturated rings. The molecule has 0 amide bonds. The topological polar surface area (TPSA) is 116 Å². The summed E-state index contributed by atoms with van der Waals surface area (Å²) >= 11 is 0. The van der Waals surface area contributed by atoms with Gasteiger partial charge in [-0.3, -0.25) is 0 Å². The summed E-state index contributed by atoms with van der Waals surface area (Å²) in [5, 5.41) is 28.7. The molecular weight excluding hydrogens is 552 g/mol. The quantitative estimate of drug-likeness (QED) is 0.271. The second-order valence-corrected chi connectivity index (χ2v) is 9.33. The number of alkyl halides is 3. The lowest BCUT2D eigenvalue weighted by Gasteiger charge is -2.48. The first kappa shape index (κ1) is 28.0. The minimum Gasteiger partial charge on any atom is -0.451 e.